The zero-order valence-electron chi connectivity index (χ0n) is 7.47. The van der Waals surface area contributed by atoms with Gasteiger partial charge in [-0.1, -0.05) is 11.6 Å². The van der Waals surface area contributed by atoms with Crippen molar-refractivity contribution in [3.05, 3.63) is 28.5 Å². The van der Waals surface area contributed by atoms with Gasteiger partial charge in [0.2, 0.25) is 5.91 Å². The summed E-state index contributed by atoms with van der Waals surface area (Å²) in [6, 6.07) is 3.16. The van der Waals surface area contributed by atoms with Crippen LogP contribution in [-0.4, -0.2) is 15.9 Å². The minimum absolute atomic E-state index is 0.381. The zero-order chi connectivity index (χ0) is 10.3. The molecule has 0 aliphatic heterocycles. The third-order valence-electron chi connectivity index (χ3n) is 1.94. The Balaban J connectivity index is 2.77. The van der Waals surface area contributed by atoms with Crippen LogP contribution in [0, 0.1) is 6.92 Å². The van der Waals surface area contributed by atoms with Gasteiger partial charge in [0.05, 0.1) is 10.5 Å². The molecule has 2 aromatic rings. The summed E-state index contributed by atoms with van der Waals surface area (Å²) in [5.74, 6) is 0.254. The number of carbonyl (C=O) groups excluding carboxylic acids is 1. The Labute approximate surface area is 85.1 Å². The lowest BCUT2D eigenvalue weighted by atomic mass is 10.2. The van der Waals surface area contributed by atoms with Crippen LogP contribution >= 0.6 is 11.6 Å². The fourth-order valence-corrected chi connectivity index (χ4v) is 1.60. The van der Waals surface area contributed by atoms with Crippen molar-refractivity contribution in [2.75, 3.05) is 0 Å². The molecule has 0 fully saturated rings. The molecule has 72 valence electrons. The van der Waals surface area contributed by atoms with Crippen molar-refractivity contribution < 1.29 is 4.79 Å². The number of H-pyrrole nitrogens is 1. The second kappa shape index (κ2) is 2.99. The molecular formula is C9H8ClN3O. The summed E-state index contributed by atoms with van der Waals surface area (Å²) >= 11 is 5.93. The number of aromatic amines is 1. The summed E-state index contributed by atoms with van der Waals surface area (Å²) in [5, 5.41) is 0.431. The predicted octanol–water partition coefficient (Wildman–Crippen LogP) is 1.62. The number of nitrogens with two attached hydrogens (primary N) is 1. The first-order valence-electron chi connectivity index (χ1n) is 4.03. The topological polar surface area (TPSA) is 71.8 Å². The molecule has 0 saturated carbocycles. The zero-order valence-corrected chi connectivity index (χ0v) is 8.22. The number of carbonyl (C=O) groups is 1. The first kappa shape index (κ1) is 9.02. The number of nitrogens with one attached hydrogen (secondary N) is 1. The van der Waals surface area contributed by atoms with Crippen LogP contribution in [0.25, 0.3) is 11.0 Å². The van der Waals surface area contributed by atoms with Crippen LogP contribution < -0.4 is 5.73 Å². The molecule has 0 radical (unpaired) electrons. The molecule has 0 spiro atoms. The van der Waals surface area contributed by atoms with Crippen LogP contribution in [0.15, 0.2) is 12.1 Å². The molecule has 0 unspecified atom stereocenters. The van der Waals surface area contributed by atoms with Crippen LogP contribution in [0.5, 0.6) is 0 Å². The van der Waals surface area contributed by atoms with Crippen LogP contribution in [-0.2, 0) is 0 Å². The summed E-state index contributed by atoms with van der Waals surface area (Å²) in [4.78, 5) is 18.1. The molecule has 5 heteroatoms. The highest BCUT2D eigenvalue weighted by molar-refractivity contribution is 6.35. The van der Waals surface area contributed by atoms with Crippen LogP contribution in [0.3, 0.4) is 0 Å². The van der Waals surface area contributed by atoms with Gasteiger partial charge >= 0.3 is 0 Å². The summed E-state index contributed by atoms with van der Waals surface area (Å²) < 4.78 is 0. The van der Waals surface area contributed by atoms with Gasteiger partial charge in [-0.15, -0.1) is 0 Å². The van der Waals surface area contributed by atoms with Gasteiger partial charge in [0, 0.05) is 5.56 Å². The predicted molar refractivity (Wildman–Crippen MR) is 54.4 cm³/mol. The fraction of sp³-hybridized carbons (Fsp3) is 0.111. The van der Waals surface area contributed by atoms with Crippen LogP contribution in [0.2, 0.25) is 5.02 Å². The number of fused-ring (bicyclic) bond motifs is 1. The van der Waals surface area contributed by atoms with Crippen LogP contribution in [0.4, 0.5) is 0 Å². The van der Waals surface area contributed by atoms with Gasteiger partial charge in [-0.05, 0) is 19.1 Å². The molecule has 4 nitrogen and oxygen atoms in total. The van der Waals surface area contributed by atoms with Gasteiger partial charge in [0.15, 0.2) is 0 Å². The molecule has 1 heterocycles. The molecule has 3 N–H and O–H groups in total. The van der Waals surface area contributed by atoms with Crippen molar-refractivity contribution in [2.45, 2.75) is 6.92 Å². The summed E-state index contributed by atoms with van der Waals surface area (Å²) in [6.45, 7) is 1.82. The number of aryl methyl sites for hydroxylation is 1. The number of primary amides is 1. The van der Waals surface area contributed by atoms with Gasteiger partial charge < -0.3 is 10.7 Å². The number of rotatable bonds is 1. The Hall–Kier alpha value is -1.55. The first-order valence-corrected chi connectivity index (χ1v) is 4.41. The molecule has 1 aromatic carbocycles. The van der Waals surface area contributed by atoms with Crippen molar-refractivity contribution in [1.82, 2.24) is 9.97 Å². The second-order valence-electron chi connectivity index (χ2n) is 3.04. The van der Waals surface area contributed by atoms with E-state index in [1.54, 1.807) is 6.07 Å². The number of amides is 1. The maximum absolute atomic E-state index is 10.9. The van der Waals surface area contributed by atoms with Crippen molar-refractivity contribution in [1.29, 1.82) is 0 Å². The van der Waals surface area contributed by atoms with E-state index < -0.39 is 5.91 Å². The Bertz CT molecular complexity index is 518. The number of aromatic nitrogens is 2. The molecule has 2 rings (SSSR count). The average Bonchev–Trinajstić information content (AvgIpc) is 2.45. The lowest BCUT2D eigenvalue weighted by molar-refractivity contribution is 0.100. The molecule has 1 aromatic heterocycles. The van der Waals surface area contributed by atoms with E-state index in [0.717, 1.165) is 11.3 Å². The Morgan fingerprint density at radius 3 is 2.93 bits per heavy atom. The maximum atomic E-state index is 10.9. The first-order chi connectivity index (χ1) is 6.58. The van der Waals surface area contributed by atoms with Crippen molar-refractivity contribution in [3.8, 4) is 0 Å². The lowest BCUT2D eigenvalue weighted by Crippen LogP contribution is -2.10. The summed E-state index contributed by atoms with van der Waals surface area (Å²) in [5.41, 5.74) is 6.92. The third-order valence-corrected chi connectivity index (χ3v) is 2.23. The molecule has 14 heavy (non-hydrogen) atoms. The van der Waals surface area contributed by atoms with Gasteiger partial charge in [0.25, 0.3) is 0 Å². The molecule has 1 amide bonds. The van der Waals surface area contributed by atoms with Crippen molar-refractivity contribution >= 4 is 28.5 Å². The second-order valence-corrected chi connectivity index (χ2v) is 3.45. The van der Waals surface area contributed by atoms with E-state index in [0.29, 0.717) is 16.1 Å². The Kier molecular flexibility index (Phi) is 1.93. The number of imidazole rings is 1. The van der Waals surface area contributed by atoms with Crippen molar-refractivity contribution in [3.63, 3.8) is 0 Å². The van der Waals surface area contributed by atoms with Crippen molar-refractivity contribution in [2.24, 2.45) is 5.73 Å². The monoisotopic (exact) mass is 209 g/mol. The smallest absolute Gasteiger partial charge is 0.248 e. The highest BCUT2D eigenvalue weighted by Crippen LogP contribution is 2.23. The SMILES string of the molecule is Cc1nc2c(Cl)cc(C(N)=O)cc2[nH]1. The van der Waals surface area contributed by atoms with Crippen LogP contribution in [0.1, 0.15) is 16.2 Å². The number of hydrogen-bond donors (Lipinski definition) is 2. The molecule has 0 saturated heterocycles. The number of benzene rings is 1. The van der Waals surface area contributed by atoms with E-state index in [1.807, 2.05) is 6.92 Å². The minimum Gasteiger partial charge on any atom is -0.366 e. The van der Waals surface area contributed by atoms with E-state index in [1.165, 1.54) is 6.07 Å². The average molecular weight is 210 g/mol. The van der Waals surface area contributed by atoms with Gasteiger partial charge in [-0.2, -0.15) is 0 Å². The van der Waals surface area contributed by atoms with Gasteiger partial charge in [-0.3, -0.25) is 4.79 Å². The Morgan fingerprint density at radius 1 is 1.57 bits per heavy atom. The molecule has 0 aliphatic rings. The minimum atomic E-state index is -0.499. The maximum Gasteiger partial charge on any atom is 0.248 e. The normalized spacial score (nSPS) is 10.7. The molecule has 0 atom stereocenters. The fourth-order valence-electron chi connectivity index (χ4n) is 1.34. The van der Waals surface area contributed by atoms with Gasteiger partial charge in [0.1, 0.15) is 11.3 Å². The molecule has 0 aliphatic carbocycles. The summed E-state index contributed by atoms with van der Waals surface area (Å²) in [7, 11) is 0. The van der Waals surface area contributed by atoms with E-state index >= 15 is 0 Å². The highest BCUT2D eigenvalue weighted by atomic mass is 35.5. The lowest BCUT2D eigenvalue weighted by Gasteiger charge is -1.97. The Morgan fingerprint density at radius 2 is 2.29 bits per heavy atom. The molecular weight excluding hydrogens is 202 g/mol. The largest absolute Gasteiger partial charge is 0.366 e. The molecule has 0 bridgehead atoms. The third kappa shape index (κ3) is 1.33. The number of nitrogens with zero attached hydrogens (tertiary/aromatic N) is 1. The van der Waals surface area contributed by atoms with E-state index in [9.17, 15) is 4.79 Å². The summed E-state index contributed by atoms with van der Waals surface area (Å²) in [6.07, 6.45) is 0. The van der Waals surface area contributed by atoms with E-state index in [-0.39, 0.29) is 0 Å². The van der Waals surface area contributed by atoms with Gasteiger partial charge in [-0.25, -0.2) is 4.98 Å². The highest BCUT2D eigenvalue weighted by Gasteiger charge is 2.09. The quantitative estimate of drug-likeness (QED) is 0.749. The standard InChI is InChI=1S/C9H8ClN3O/c1-4-12-7-3-5(9(11)14)2-6(10)8(7)13-4/h2-3H,1H3,(H2,11,14)(H,12,13). The number of halogens is 1. The van der Waals surface area contributed by atoms with E-state index in [2.05, 4.69) is 9.97 Å². The number of hydrogen-bond acceptors (Lipinski definition) is 2. The van der Waals surface area contributed by atoms with E-state index in [4.69, 9.17) is 17.3 Å².